The quantitative estimate of drug-likeness (QED) is 0.600. The van der Waals surface area contributed by atoms with Crippen molar-refractivity contribution >= 4 is 0 Å². The summed E-state index contributed by atoms with van der Waals surface area (Å²) in [7, 11) is 0. The van der Waals surface area contributed by atoms with E-state index in [0.717, 1.165) is 0 Å². The molecule has 0 aromatic heterocycles. The van der Waals surface area contributed by atoms with Crippen LogP contribution >= 0.6 is 0 Å². The highest BCUT2D eigenvalue weighted by molar-refractivity contribution is 4.90. The summed E-state index contributed by atoms with van der Waals surface area (Å²) in [6.45, 7) is 0.376. The Hall–Kier alpha value is -0.550. The molecule has 1 rings (SSSR count). The fraction of sp³-hybridized carbons (Fsp3) is 0.600. The first-order valence-electron chi connectivity index (χ1n) is 2.63. The van der Waals surface area contributed by atoms with Crippen molar-refractivity contribution in [2.75, 3.05) is 6.54 Å². The molecule has 0 aromatic carbocycles. The summed E-state index contributed by atoms with van der Waals surface area (Å²) in [6.07, 6.45) is -1.92. The summed E-state index contributed by atoms with van der Waals surface area (Å²) in [6, 6.07) is 0. The van der Waals surface area contributed by atoms with Gasteiger partial charge in [-0.25, -0.2) is 0 Å². The van der Waals surface area contributed by atoms with Gasteiger partial charge in [0.25, 0.3) is 0 Å². The Kier molecular flexibility index (Phi) is 1.96. The summed E-state index contributed by atoms with van der Waals surface area (Å²) in [5.74, 6) is 0. The van der Waals surface area contributed by atoms with E-state index in [-0.39, 0.29) is 0 Å². The molecule has 1 atom stereocenters. The molecule has 1 N–H and O–H groups in total. The second-order valence-electron chi connectivity index (χ2n) is 1.72. The van der Waals surface area contributed by atoms with Gasteiger partial charge in [-0.05, 0) is 6.08 Å². The van der Waals surface area contributed by atoms with E-state index in [1.807, 2.05) is 0 Å². The van der Waals surface area contributed by atoms with Crippen LogP contribution in [0.2, 0.25) is 0 Å². The lowest BCUT2D eigenvalue weighted by atomic mass is 10.5. The van der Waals surface area contributed by atoms with Gasteiger partial charge in [-0.2, -0.15) is 0 Å². The molecule has 0 saturated carbocycles. The van der Waals surface area contributed by atoms with E-state index in [0.29, 0.717) is 6.54 Å². The van der Waals surface area contributed by atoms with E-state index in [9.17, 15) is 13.2 Å². The minimum Gasteiger partial charge on any atom is -0.284 e. The van der Waals surface area contributed by atoms with Gasteiger partial charge in [0.1, 0.15) is 6.23 Å². The topological polar surface area (TPSA) is 21.3 Å². The zero-order chi connectivity index (χ0) is 7.61. The van der Waals surface area contributed by atoms with Crippen molar-refractivity contribution in [3.8, 4) is 0 Å². The Morgan fingerprint density at radius 1 is 1.60 bits per heavy atom. The van der Waals surface area contributed by atoms with Gasteiger partial charge in [-0.15, -0.1) is 13.2 Å². The first kappa shape index (κ1) is 7.56. The predicted octanol–water partition coefficient (Wildman–Crippen LogP) is 0.811. The second-order valence-corrected chi connectivity index (χ2v) is 1.72. The molecule has 1 radical (unpaired) electrons. The average Bonchev–Trinajstić information content (AvgIpc) is 2.12. The molecule has 0 amide bonds. The van der Waals surface area contributed by atoms with Crippen LogP contribution in [0.1, 0.15) is 0 Å². The normalized spacial score (nSPS) is 25.7. The lowest BCUT2D eigenvalue weighted by Crippen LogP contribution is -2.31. The van der Waals surface area contributed by atoms with Gasteiger partial charge in [0.05, 0.1) is 0 Å². The monoisotopic (exact) mass is 152 g/mol. The van der Waals surface area contributed by atoms with Crippen LogP contribution in [-0.4, -0.2) is 19.1 Å². The van der Waals surface area contributed by atoms with Crippen molar-refractivity contribution in [3.63, 3.8) is 0 Å². The lowest BCUT2D eigenvalue weighted by molar-refractivity contribution is -0.339. The Balaban J connectivity index is 2.31. The smallest absolute Gasteiger partial charge is 0.284 e. The van der Waals surface area contributed by atoms with Crippen LogP contribution in [0.4, 0.5) is 13.2 Å². The van der Waals surface area contributed by atoms with Gasteiger partial charge < -0.3 is 0 Å². The molecule has 0 saturated heterocycles. The van der Waals surface area contributed by atoms with Crippen LogP contribution in [0.25, 0.3) is 0 Å². The third-order valence-electron chi connectivity index (χ3n) is 0.926. The molecule has 57 valence electrons. The third-order valence-corrected chi connectivity index (χ3v) is 0.926. The minimum atomic E-state index is -4.58. The Morgan fingerprint density at radius 2 is 2.30 bits per heavy atom. The minimum absolute atomic E-state index is 0.376. The maximum absolute atomic E-state index is 11.4. The van der Waals surface area contributed by atoms with Gasteiger partial charge in [0, 0.05) is 6.54 Å². The molecular formula is C5H5F3NO. The largest absolute Gasteiger partial charge is 0.524 e. The molecule has 10 heavy (non-hydrogen) atoms. The van der Waals surface area contributed by atoms with Gasteiger partial charge >= 0.3 is 6.36 Å². The molecule has 5 heteroatoms. The SMILES string of the molecule is FC(F)(F)OC1[C]=CCN1. The third kappa shape index (κ3) is 2.36. The second kappa shape index (κ2) is 2.59. The first-order chi connectivity index (χ1) is 4.58. The van der Waals surface area contributed by atoms with E-state index in [1.165, 1.54) is 6.08 Å². The zero-order valence-electron chi connectivity index (χ0n) is 4.90. The Bertz CT molecular complexity index is 142. The van der Waals surface area contributed by atoms with Crippen LogP contribution in [0.5, 0.6) is 0 Å². The summed E-state index contributed by atoms with van der Waals surface area (Å²) >= 11 is 0. The highest BCUT2D eigenvalue weighted by atomic mass is 19.4. The molecule has 0 spiro atoms. The Labute approximate surface area is 55.7 Å². The fourth-order valence-electron chi connectivity index (χ4n) is 0.600. The van der Waals surface area contributed by atoms with Crippen LogP contribution in [0, 0.1) is 6.08 Å². The molecule has 1 unspecified atom stereocenters. The van der Waals surface area contributed by atoms with Gasteiger partial charge in [-0.3, -0.25) is 10.1 Å². The summed E-state index contributed by atoms with van der Waals surface area (Å²) in [4.78, 5) is 0. The van der Waals surface area contributed by atoms with Crippen molar-refractivity contribution in [1.82, 2.24) is 5.32 Å². The molecule has 0 fully saturated rings. The summed E-state index contributed by atoms with van der Waals surface area (Å²) < 4.78 is 37.7. The van der Waals surface area contributed by atoms with Crippen molar-refractivity contribution in [2.45, 2.75) is 12.6 Å². The van der Waals surface area contributed by atoms with Crippen molar-refractivity contribution in [2.24, 2.45) is 0 Å². The van der Waals surface area contributed by atoms with Crippen LogP contribution in [-0.2, 0) is 4.74 Å². The Morgan fingerprint density at radius 3 is 2.70 bits per heavy atom. The molecule has 0 bridgehead atoms. The number of ether oxygens (including phenoxy) is 1. The van der Waals surface area contributed by atoms with Gasteiger partial charge in [0.2, 0.25) is 0 Å². The van der Waals surface area contributed by atoms with Crippen molar-refractivity contribution in [3.05, 3.63) is 12.2 Å². The zero-order valence-corrected chi connectivity index (χ0v) is 4.90. The first-order valence-corrected chi connectivity index (χ1v) is 2.63. The van der Waals surface area contributed by atoms with Crippen molar-refractivity contribution in [1.29, 1.82) is 0 Å². The predicted molar refractivity (Wildman–Crippen MR) is 26.7 cm³/mol. The highest BCUT2D eigenvalue weighted by Crippen LogP contribution is 2.18. The molecule has 1 aliphatic rings. The summed E-state index contributed by atoms with van der Waals surface area (Å²) in [5.41, 5.74) is 0. The molecule has 1 aliphatic heterocycles. The number of alkyl halides is 3. The maximum atomic E-state index is 11.4. The van der Waals surface area contributed by atoms with E-state index in [4.69, 9.17) is 0 Å². The number of rotatable bonds is 1. The average molecular weight is 152 g/mol. The summed E-state index contributed by atoms with van der Waals surface area (Å²) in [5, 5.41) is 2.40. The number of hydrogen-bond donors (Lipinski definition) is 1. The molecular weight excluding hydrogens is 147 g/mol. The highest BCUT2D eigenvalue weighted by Gasteiger charge is 2.33. The number of halogens is 3. The van der Waals surface area contributed by atoms with E-state index >= 15 is 0 Å². The molecule has 0 aliphatic carbocycles. The molecule has 1 heterocycles. The van der Waals surface area contributed by atoms with Crippen molar-refractivity contribution < 1.29 is 17.9 Å². The maximum Gasteiger partial charge on any atom is 0.524 e. The molecule has 2 nitrogen and oxygen atoms in total. The van der Waals surface area contributed by atoms with E-state index < -0.39 is 12.6 Å². The van der Waals surface area contributed by atoms with Gasteiger partial charge in [0.15, 0.2) is 0 Å². The van der Waals surface area contributed by atoms with Crippen LogP contribution in [0.3, 0.4) is 0 Å². The fourth-order valence-corrected chi connectivity index (χ4v) is 0.600. The number of nitrogens with one attached hydrogen (secondary N) is 1. The lowest BCUT2D eigenvalue weighted by Gasteiger charge is -2.11. The van der Waals surface area contributed by atoms with Crippen LogP contribution in [0.15, 0.2) is 6.08 Å². The van der Waals surface area contributed by atoms with Crippen LogP contribution < -0.4 is 5.32 Å². The van der Waals surface area contributed by atoms with E-state index in [1.54, 1.807) is 0 Å². The molecule has 0 aromatic rings. The number of hydrogen-bond acceptors (Lipinski definition) is 2. The van der Waals surface area contributed by atoms with E-state index in [2.05, 4.69) is 16.1 Å². The van der Waals surface area contributed by atoms with Gasteiger partial charge in [-0.1, -0.05) is 6.08 Å². The standard InChI is InChI=1S/C5H5F3NO/c6-5(7,8)10-4-2-1-3-9-4/h1,4,9H,3H2.